The molecule has 0 amide bonds. The van der Waals surface area contributed by atoms with E-state index in [-0.39, 0.29) is 4.90 Å². The van der Waals surface area contributed by atoms with Gasteiger partial charge in [0.2, 0.25) is 10.0 Å². The van der Waals surface area contributed by atoms with Crippen LogP contribution in [0, 0.1) is 0 Å². The topological polar surface area (TPSA) is 58.6 Å². The van der Waals surface area contributed by atoms with E-state index in [0.717, 1.165) is 42.8 Å². The summed E-state index contributed by atoms with van der Waals surface area (Å²) in [7, 11) is -1.87. The van der Waals surface area contributed by atoms with Crippen molar-refractivity contribution in [2.24, 2.45) is 0 Å². The second kappa shape index (κ2) is 11.7. The molecule has 0 spiro atoms. The molecule has 184 valence electrons. The lowest BCUT2D eigenvalue weighted by atomic mass is 9.88. The van der Waals surface area contributed by atoms with Gasteiger partial charge in [-0.15, -0.1) is 0 Å². The zero-order chi connectivity index (χ0) is 24.8. The average Bonchev–Trinajstić information content (AvgIpc) is 2.85. The molecule has 0 radical (unpaired) electrons. The number of para-hydroxylation sites is 1. The van der Waals surface area contributed by atoms with Gasteiger partial charge in [0.15, 0.2) is 0 Å². The maximum Gasteiger partial charge on any atom is 0.241 e. The van der Waals surface area contributed by atoms with E-state index in [1.165, 1.54) is 11.1 Å². The summed E-state index contributed by atoms with van der Waals surface area (Å²) in [6.07, 6.45) is 1.77. The van der Waals surface area contributed by atoms with Crippen molar-refractivity contribution in [1.82, 2.24) is 9.62 Å². The molecule has 0 atom stereocenters. The van der Waals surface area contributed by atoms with Gasteiger partial charge in [-0.3, -0.25) is 0 Å². The maximum atomic E-state index is 12.6. The van der Waals surface area contributed by atoms with Crippen molar-refractivity contribution in [3.05, 3.63) is 99.0 Å². The van der Waals surface area contributed by atoms with Crippen LogP contribution in [0.15, 0.2) is 87.7 Å². The number of hydrogen-bond acceptors (Lipinski definition) is 4. The average molecular weight is 576 g/mol. The summed E-state index contributed by atoms with van der Waals surface area (Å²) in [5, 5.41) is 0.699. The molecule has 0 aromatic heterocycles. The van der Waals surface area contributed by atoms with Gasteiger partial charge in [0.25, 0.3) is 0 Å². The predicted octanol–water partition coefficient (Wildman–Crippen LogP) is 5.99. The standard InChI is InChI=1S/C27H28BrClN2O3S/c1-34-25-11-4-2-9-23(25)27(21-7-6-8-22(29)19-21)20-13-16-31(17-14-20)18-15-30-35(32,33)26-12-5-3-10-24(26)28/h2-12,19,30H,13-18H2,1H3. The highest BCUT2D eigenvalue weighted by Gasteiger charge is 2.22. The monoisotopic (exact) mass is 574 g/mol. The Morgan fingerprint density at radius 3 is 2.46 bits per heavy atom. The number of rotatable bonds is 8. The van der Waals surface area contributed by atoms with Crippen LogP contribution in [0.4, 0.5) is 0 Å². The lowest BCUT2D eigenvalue weighted by Crippen LogP contribution is -2.38. The Labute approximate surface area is 220 Å². The van der Waals surface area contributed by atoms with E-state index in [4.69, 9.17) is 16.3 Å². The van der Waals surface area contributed by atoms with Crippen LogP contribution in [-0.2, 0) is 10.0 Å². The van der Waals surface area contributed by atoms with Gasteiger partial charge in [-0.2, -0.15) is 0 Å². The maximum absolute atomic E-state index is 12.6. The number of methoxy groups -OCH3 is 1. The highest BCUT2D eigenvalue weighted by Crippen LogP contribution is 2.37. The van der Waals surface area contributed by atoms with Crippen molar-refractivity contribution in [2.75, 3.05) is 33.3 Å². The summed E-state index contributed by atoms with van der Waals surface area (Å²) in [6, 6.07) is 22.8. The van der Waals surface area contributed by atoms with Crippen molar-refractivity contribution >= 4 is 43.1 Å². The molecule has 0 unspecified atom stereocenters. The summed E-state index contributed by atoms with van der Waals surface area (Å²) in [5.41, 5.74) is 4.65. The minimum absolute atomic E-state index is 0.256. The molecule has 5 nitrogen and oxygen atoms in total. The smallest absolute Gasteiger partial charge is 0.241 e. The normalized spacial score (nSPS) is 14.7. The van der Waals surface area contributed by atoms with Crippen LogP contribution in [0.25, 0.3) is 5.57 Å². The Morgan fingerprint density at radius 1 is 1.03 bits per heavy atom. The number of nitrogens with zero attached hydrogens (tertiary/aromatic N) is 1. The highest BCUT2D eigenvalue weighted by atomic mass is 79.9. The molecule has 1 N–H and O–H groups in total. The van der Waals surface area contributed by atoms with E-state index in [9.17, 15) is 8.42 Å². The SMILES string of the molecule is COc1ccccc1C(=C1CCN(CCNS(=O)(=O)c2ccccc2Br)CC1)c1cccc(Cl)c1. The van der Waals surface area contributed by atoms with E-state index in [1.54, 1.807) is 31.4 Å². The Bertz CT molecular complexity index is 1320. The van der Waals surface area contributed by atoms with Crippen LogP contribution in [-0.4, -0.2) is 46.6 Å². The van der Waals surface area contributed by atoms with Crippen LogP contribution in [0.5, 0.6) is 5.75 Å². The molecule has 1 heterocycles. The largest absolute Gasteiger partial charge is 0.496 e. The number of sulfonamides is 1. The zero-order valence-electron chi connectivity index (χ0n) is 19.5. The van der Waals surface area contributed by atoms with Gasteiger partial charge in [-0.1, -0.05) is 59.6 Å². The molecule has 1 fully saturated rings. The molecule has 35 heavy (non-hydrogen) atoms. The number of nitrogens with one attached hydrogen (secondary N) is 1. The molecule has 1 aliphatic rings. The fraction of sp³-hybridized carbons (Fsp3) is 0.259. The van der Waals surface area contributed by atoms with Crippen molar-refractivity contribution in [3.63, 3.8) is 0 Å². The fourth-order valence-corrected chi connectivity index (χ4v) is 6.63. The number of benzene rings is 3. The van der Waals surface area contributed by atoms with Gasteiger partial charge in [-0.05, 0) is 70.2 Å². The first-order chi connectivity index (χ1) is 16.9. The molecular formula is C27H28BrClN2O3S. The van der Waals surface area contributed by atoms with E-state index in [1.807, 2.05) is 36.4 Å². The first-order valence-electron chi connectivity index (χ1n) is 11.5. The molecular weight excluding hydrogens is 548 g/mol. The van der Waals surface area contributed by atoms with Crippen molar-refractivity contribution < 1.29 is 13.2 Å². The molecule has 1 aliphatic heterocycles. The van der Waals surface area contributed by atoms with Crippen molar-refractivity contribution in [1.29, 1.82) is 0 Å². The first kappa shape index (κ1) is 25.9. The molecule has 8 heteroatoms. The Balaban J connectivity index is 1.48. The molecule has 0 bridgehead atoms. The molecule has 3 aromatic rings. The Hall–Kier alpha value is -2.16. The number of piperidine rings is 1. The van der Waals surface area contributed by atoms with Gasteiger partial charge in [0, 0.05) is 41.2 Å². The summed E-state index contributed by atoms with van der Waals surface area (Å²) in [4.78, 5) is 2.55. The predicted molar refractivity (Wildman–Crippen MR) is 145 cm³/mol. The third kappa shape index (κ3) is 6.35. The quantitative estimate of drug-likeness (QED) is 0.359. The number of likely N-dealkylation sites (tertiary alicyclic amines) is 1. The summed E-state index contributed by atoms with van der Waals surface area (Å²) < 4.78 is 34.3. The second-order valence-corrected chi connectivity index (χ2v) is 11.4. The number of hydrogen-bond donors (Lipinski definition) is 1. The van der Waals surface area contributed by atoms with Gasteiger partial charge in [0.05, 0.1) is 12.0 Å². The van der Waals surface area contributed by atoms with E-state index in [0.29, 0.717) is 22.6 Å². The van der Waals surface area contributed by atoms with E-state index >= 15 is 0 Å². The van der Waals surface area contributed by atoms with Crippen molar-refractivity contribution in [2.45, 2.75) is 17.7 Å². The lowest BCUT2D eigenvalue weighted by molar-refractivity contribution is 0.261. The Kier molecular flexibility index (Phi) is 8.68. The number of halogens is 2. The van der Waals surface area contributed by atoms with Crippen LogP contribution >= 0.6 is 27.5 Å². The third-order valence-electron chi connectivity index (χ3n) is 6.15. The van der Waals surface area contributed by atoms with Crippen LogP contribution < -0.4 is 9.46 Å². The van der Waals surface area contributed by atoms with Crippen molar-refractivity contribution in [3.8, 4) is 5.75 Å². The molecule has 1 saturated heterocycles. The molecule has 3 aromatic carbocycles. The van der Waals surface area contributed by atoms with Gasteiger partial charge in [0.1, 0.15) is 5.75 Å². The third-order valence-corrected chi connectivity index (χ3v) is 8.86. The highest BCUT2D eigenvalue weighted by molar-refractivity contribution is 9.10. The van der Waals surface area contributed by atoms with E-state index in [2.05, 4.69) is 37.7 Å². The fourth-order valence-electron chi connectivity index (χ4n) is 4.42. The van der Waals surface area contributed by atoms with Crippen LogP contribution in [0.1, 0.15) is 24.0 Å². The molecule has 0 aliphatic carbocycles. The lowest BCUT2D eigenvalue weighted by Gasteiger charge is -2.30. The minimum atomic E-state index is -3.56. The van der Waals surface area contributed by atoms with Gasteiger partial charge in [-0.25, -0.2) is 13.1 Å². The molecule has 4 rings (SSSR count). The Morgan fingerprint density at radius 2 is 1.74 bits per heavy atom. The summed E-state index contributed by atoms with van der Waals surface area (Å²) >= 11 is 9.66. The van der Waals surface area contributed by atoms with Crippen LogP contribution in [0.3, 0.4) is 0 Å². The summed E-state index contributed by atoms with van der Waals surface area (Å²) in [5.74, 6) is 0.832. The van der Waals surface area contributed by atoms with Gasteiger partial charge < -0.3 is 9.64 Å². The zero-order valence-corrected chi connectivity index (χ0v) is 22.7. The molecule has 0 saturated carbocycles. The second-order valence-electron chi connectivity index (χ2n) is 8.36. The minimum Gasteiger partial charge on any atom is -0.496 e. The first-order valence-corrected chi connectivity index (χ1v) is 14.1. The van der Waals surface area contributed by atoms with Gasteiger partial charge >= 0.3 is 0 Å². The van der Waals surface area contributed by atoms with E-state index < -0.39 is 10.0 Å². The number of ether oxygens (including phenoxy) is 1. The van der Waals surface area contributed by atoms with Crippen LogP contribution in [0.2, 0.25) is 5.02 Å². The summed E-state index contributed by atoms with van der Waals surface area (Å²) in [6.45, 7) is 2.71.